The highest BCUT2D eigenvalue weighted by Gasteiger charge is 2.32. The Labute approximate surface area is 184 Å². The standard InChI is InChI=1S/C23H19ClN2O3S/c1-3-26-22(27)21(30-23(26)25-17-8-10-18(28-2)11-9-17)14-19-12-13-20(29-19)15-4-6-16(24)7-5-15/h4-14H,3H2,1-2H3/b21-14+,25-23?. The van der Waals surface area contributed by atoms with Crippen LogP contribution >= 0.6 is 23.4 Å². The van der Waals surface area contributed by atoms with Crippen molar-refractivity contribution in [1.82, 2.24) is 4.90 Å². The number of methoxy groups -OCH3 is 1. The lowest BCUT2D eigenvalue weighted by molar-refractivity contribution is -0.122. The monoisotopic (exact) mass is 438 g/mol. The molecule has 5 nitrogen and oxygen atoms in total. The number of furan rings is 1. The van der Waals surface area contributed by atoms with Crippen LogP contribution in [0, 0.1) is 0 Å². The number of thioether (sulfide) groups is 1. The zero-order valence-corrected chi connectivity index (χ0v) is 18.0. The lowest BCUT2D eigenvalue weighted by Gasteiger charge is -2.12. The van der Waals surface area contributed by atoms with E-state index in [2.05, 4.69) is 4.99 Å². The molecule has 0 aliphatic carbocycles. The second-order valence-corrected chi connectivity index (χ2v) is 7.91. The predicted molar refractivity (Wildman–Crippen MR) is 122 cm³/mol. The van der Waals surface area contributed by atoms with Gasteiger partial charge in [0.1, 0.15) is 17.3 Å². The molecule has 30 heavy (non-hydrogen) atoms. The van der Waals surface area contributed by atoms with E-state index >= 15 is 0 Å². The van der Waals surface area contributed by atoms with E-state index in [-0.39, 0.29) is 5.91 Å². The lowest BCUT2D eigenvalue weighted by atomic mass is 10.2. The number of likely N-dealkylation sites (N-methyl/N-ethyl adjacent to an activating group) is 1. The SMILES string of the molecule is CCN1C(=O)/C(=C\c2ccc(-c3ccc(Cl)cc3)o2)SC1=Nc1ccc(OC)cc1. The van der Waals surface area contributed by atoms with Crippen LogP contribution in [0.1, 0.15) is 12.7 Å². The number of nitrogens with zero attached hydrogens (tertiary/aromatic N) is 2. The zero-order chi connectivity index (χ0) is 21.1. The molecule has 1 amide bonds. The first-order chi connectivity index (χ1) is 14.6. The minimum atomic E-state index is -0.0841. The van der Waals surface area contributed by atoms with Gasteiger partial charge >= 0.3 is 0 Å². The van der Waals surface area contributed by atoms with Gasteiger partial charge in [-0.3, -0.25) is 9.69 Å². The maximum absolute atomic E-state index is 12.8. The molecule has 0 bridgehead atoms. The van der Waals surface area contributed by atoms with Crippen molar-refractivity contribution in [3.63, 3.8) is 0 Å². The number of amides is 1. The molecule has 1 aliphatic heterocycles. The first kappa shape index (κ1) is 20.3. The van der Waals surface area contributed by atoms with Crippen LogP contribution in [0.2, 0.25) is 5.02 Å². The highest BCUT2D eigenvalue weighted by atomic mass is 35.5. The summed E-state index contributed by atoms with van der Waals surface area (Å²) in [5, 5.41) is 1.31. The van der Waals surface area contributed by atoms with Gasteiger partial charge in [-0.25, -0.2) is 4.99 Å². The van der Waals surface area contributed by atoms with E-state index in [0.29, 0.717) is 33.2 Å². The molecule has 7 heteroatoms. The smallest absolute Gasteiger partial charge is 0.266 e. The van der Waals surface area contributed by atoms with Crippen molar-refractivity contribution in [2.75, 3.05) is 13.7 Å². The van der Waals surface area contributed by atoms with Gasteiger partial charge in [-0.05, 0) is 79.3 Å². The van der Waals surface area contributed by atoms with Gasteiger partial charge in [-0.1, -0.05) is 11.6 Å². The minimum Gasteiger partial charge on any atom is -0.497 e. The van der Waals surface area contributed by atoms with Gasteiger partial charge < -0.3 is 9.15 Å². The Morgan fingerprint density at radius 2 is 1.83 bits per heavy atom. The summed E-state index contributed by atoms with van der Waals surface area (Å²) < 4.78 is 11.1. The van der Waals surface area contributed by atoms with Crippen LogP contribution in [0.15, 0.2) is 75.0 Å². The fraction of sp³-hybridized carbons (Fsp3) is 0.130. The molecule has 1 aliphatic rings. The Hall–Kier alpha value is -2.96. The molecule has 2 aromatic carbocycles. The predicted octanol–water partition coefficient (Wildman–Crippen LogP) is 6.23. The molecular weight excluding hydrogens is 420 g/mol. The zero-order valence-electron chi connectivity index (χ0n) is 16.5. The van der Waals surface area contributed by atoms with Gasteiger partial charge in [0, 0.05) is 23.2 Å². The minimum absolute atomic E-state index is 0.0841. The van der Waals surface area contributed by atoms with Crippen LogP contribution in [0.5, 0.6) is 5.75 Å². The number of hydrogen-bond acceptors (Lipinski definition) is 5. The van der Waals surface area contributed by atoms with E-state index in [1.807, 2.05) is 67.6 Å². The van der Waals surface area contributed by atoms with Crippen molar-refractivity contribution in [1.29, 1.82) is 0 Å². The first-order valence-corrected chi connectivity index (χ1v) is 10.6. The molecule has 0 unspecified atom stereocenters. The third kappa shape index (κ3) is 4.30. The van der Waals surface area contributed by atoms with Crippen LogP contribution in [0.25, 0.3) is 17.4 Å². The second-order valence-electron chi connectivity index (χ2n) is 6.46. The molecule has 0 atom stereocenters. The Kier molecular flexibility index (Phi) is 5.97. The Balaban J connectivity index is 1.58. The molecule has 0 N–H and O–H groups in total. The molecule has 4 rings (SSSR count). The average Bonchev–Trinajstić information content (AvgIpc) is 3.34. The van der Waals surface area contributed by atoms with Gasteiger partial charge in [0.2, 0.25) is 0 Å². The van der Waals surface area contributed by atoms with E-state index in [1.165, 1.54) is 11.8 Å². The Morgan fingerprint density at radius 3 is 2.50 bits per heavy atom. The number of rotatable bonds is 5. The molecule has 0 saturated carbocycles. The van der Waals surface area contributed by atoms with Gasteiger partial charge in [0.05, 0.1) is 17.7 Å². The van der Waals surface area contributed by atoms with E-state index < -0.39 is 0 Å². The second kappa shape index (κ2) is 8.81. The molecule has 1 fully saturated rings. The molecule has 0 radical (unpaired) electrons. The summed E-state index contributed by atoms with van der Waals surface area (Å²) in [5.74, 6) is 2.00. The summed E-state index contributed by atoms with van der Waals surface area (Å²) in [5.41, 5.74) is 1.68. The van der Waals surface area contributed by atoms with Crippen LogP contribution in [0.4, 0.5) is 5.69 Å². The number of benzene rings is 2. The maximum atomic E-state index is 12.8. The molecule has 1 aromatic heterocycles. The third-order valence-corrected chi connectivity index (χ3v) is 5.79. The highest BCUT2D eigenvalue weighted by Crippen LogP contribution is 2.35. The highest BCUT2D eigenvalue weighted by molar-refractivity contribution is 8.18. The van der Waals surface area contributed by atoms with Crippen molar-refractivity contribution in [3.05, 3.63) is 76.4 Å². The summed E-state index contributed by atoms with van der Waals surface area (Å²) >= 11 is 7.28. The number of carbonyl (C=O) groups is 1. The van der Waals surface area contributed by atoms with Crippen LogP contribution in [0.3, 0.4) is 0 Å². The first-order valence-electron chi connectivity index (χ1n) is 9.37. The Morgan fingerprint density at radius 1 is 1.10 bits per heavy atom. The number of halogens is 1. The average molecular weight is 439 g/mol. The molecule has 152 valence electrons. The molecular formula is C23H19ClN2O3S. The van der Waals surface area contributed by atoms with E-state index in [1.54, 1.807) is 18.1 Å². The van der Waals surface area contributed by atoms with Crippen molar-refractivity contribution in [2.45, 2.75) is 6.92 Å². The van der Waals surface area contributed by atoms with Crippen molar-refractivity contribution < 1.29 is 13.9 Å². The fourth-order valence-electron chi connectivity index (χ4n) is 2.97. The number of aliphatic imine (C=N–C) groups is 1. The van der Waals surface area contributed by atoms with E-state index in [0.717, 1.165) is 17.0 Å². The lowest BCUT2D eigenvalue weighted by Crippen LogP contribution is -2.28. The molecule has 3 aromatic rings. The van der Waals surface area contributed by atoms with E-state index in [9.17, 15) is 4.79 Å². The summed E-state index contributed by atoms with van der Waals surface area (Å²) in [6.07, 6.45) is 1.76. The van der Waals surface area contributed by atoms with Crippen molar-refractivity contribution >= 4 is 46.2 Å². The molecule has 1 saturated heterocycles. The summed E-state index contributed by atoms with van der Waals surface area (Å²) in [4.78, 5) is 19.7. The normalized spacial score (nSPS) is 16.6. The quantitative estimate of drug-likeness (QED) is 0.443. The molecule has 0 spiro atoms. The summed E-state index contributed by atoms with van der Waals surface area (Å²) in [6.45, 7) is 2.46. The maximum Gasteiger partial charge on any atom is 0.266 e. The number of amidine groups is 1. The molecule has 2 heterocycles. The van der Waals surface area contributed by atoms with Gasteiger partial charge in [0.15, 0.2) is 5.17 Å². The summed E-state index contributed by atoms with van der Waals surface area (Å²) in [7, 11) is 1.62. The van der Waals surface area contributed by atoms with E-state index in [4.69, 9.17) is 20.8 Å². The van der Waals surface area contributed by atoms with Gasteiger partial charge in [-0.2, -0.15) is 0 Å². The van der Waals surface area contributed by atoms with Gasteiger partial charge in [0.25, 0.3) is 5.91 Å². The topological polar surface area (TPSA) is 55.0 Å². The number of ether oxygens (including phenoxy) is 1. The number of hydrogen-bond donors (Lipinski definition) is 0. The largest absolute Gasteiger partial charge is 0.497 e. The van der Waals surface area contributed by atoms with Crippen molar-refractivity contribution in [2.24, 2.45) is 4.99 Å². The van der Waals surface area contributed by atoms with Crippen LogP contribution in [-0.4, -0.2) is 29.6 Å². The van der Waals surface area contributed by atoms with Crippen LogP contribution < -0.4 is 4.74 Å². The van der Waals surface area contributed by atoms with Gasteiger partial charge in [-0.15, -0.1) is 0 Å². The number of carbonyl (C=O) groups excluding carboxylic acids is 1. The third-order valence-electron chi connectivity index (χ3n) is 4.53. The Bertz CT molecular complexity index is 1120. The fourth-order valence-corrected chi connectivity index (χ4v) is 4.13. The summed E-state index contributed by atoms with van der Waals surface area (Å²) in [6, 6.07) is 18.5. The van der Waals surface area contributed by atoms with Crippen molar-refractivity contribution in [3.8, 4) is 17.1 Å². The van der Waals surface area contributed by atoms with Crippen LogP contribution in [-0.2, 0) is 4.79 Å².